The SMILES string of the molecule is FC(F)OC(F)(F)C(F)(F)C(F)(F)C(F)(F)F.[H+]. The fraction of sp³-hybridized carbons (Fsp3) is 1.00. The van der Waals surface area contributed by atoms with Gasteiger partial charge < -0.3 is 0 Å². The van der Waals surface area contributed by atoms with Crippen LogP contribution in [0.5, 0.6) is 0 Å². The standard InChI is InChI=1S/C5HF11O/c6-1(7)17-5(15,16)3(10,11)2(8,9)4(12,13)14/h1H/p+1. The second kappa shape index (κ2) is 4.14. The highest BCUT2D eigenvalue weighted by Gasteiger charge is 2.83. The largest absolute Gasteiger partial charge is 1.00 e. The summed E-state index contributed by atoms with van der Waals surface area (Å²) in [4.78, 5) is 0. The molecule has 0 rings (SSSR count). The van der Waals surface area contributed by atoms with E-state index in [1.807, 2.05) is 0 Å². The van der Waals surface area contributed by atoms with Crippen molar-refractivity contribution >= 4 is 0 Å². The average molecular weight is 287 g/mol. The highest BCUT2D eigenvalue weighted by atomic mass is 19.4. The fourth-order valence-electron chi connectivity index (χ4n) is 0.547. The molecule has 0 aliphatic heterocycles. The third-order valence-electron chi connectivity index (χ3n) is 1.35. The molecule has 0 spiro atoms. The first-order valence-corrected chi connectivity index (χ1v) is 3.33. The molecule has 0 aliphatic carbocycles. The minimum atomic E-state index is -7.24. The number of ether oxygens (including phenoxy) is 1. The average Bonchev–Trinajstić information content (AvgIpc) is 1.98. The monoisotopic (exact) mass is 287 g/mol. The van der Waals surface area contributed by atoms with Crippen molar-refractivity contribution in [2.24, 2.45) is 0 Å². The first kappa shape index (κ1) is 16.2. The summed E-state index contributed by atoms with van der Waals surface area (Å²) in [6.07, 6.45) is -13.8. The van der Waals surface area contributed by atoms with Crippen molar-refractivity contribution in [1.82, 2.24) is 0 Å². The predicted octanol–water partition coefficient (Wildman–Crippen LogP) is 3.76. The lowest BCUT2D eigenvalue weighted by atomic mass is 10.1. The van der Waals surface area contributed by atoms with Crippen LogP contribution in [0.4, 0.5) is 48.3 Å². The topological polar surface area (TPSA) is 9.23 Å². The first-order valence-electron chi connectivity index (χ1n) is 3.33. The Hall–Kier alpha value is -0.810. The van der Waals surface area contributed by atoms with E-state index in [0.29, 0.717) is 0 Å². The van der Waals surface area contributed by atoms with Crippen molar-refractivity contribution in [3.63, 3.8) is 0 Å². The van der Waals surface area contributed by atoms with Crippen LogP contribution in [0, 0.1) is 0 Å². The van der Waals surface area contributed by atoms with Gasteiger partial charge in [0.15, 0.2) is 0 Å². The smallest absolute Gasteiger partial charge is 0.253 e. The van der Waals surface area contributed by atoms with Gasteiger partial charge in [-0.1, -0.05) is 0 Å². The summed E-state index contributed by atoms with van der Waals surface area (Å²) in [6, 6.07) is 0. The molecule has 104 valence electrons. The van der Waals surface area contributed by atoms with Gasteiger partial charge in [-0.25, -0.2) is 0 Å². The maximum Gasteiger partial charge on any atom is 1.00 e. The Morgan fingerprint density at radius 1 is 0.706 bits per heavy atom. The number of hydrogen-bond acceptors (Lipinski definition) is 1. The molecule has 0 aromatic heterocycles. The minimum absolute atomic E-state index is 0. The molecule has 0 saturated heterocycles. The van der Waals surface area contributed by atoms with Crippen LogP contribution < -0.4 is 0 Å². The molecule has 0 atom stereocenters. The van der Waals surface area contributed by atoms with Crippen LogP contribution in [0.3, 0.4) is 0 Å². The van der Waals surface area contributed by atoms with Gasteiger partial charge in [0.2, 0.25) is 0 Å². The highest BCUT2D eigenvalue weighted by Crippen LogP contribution is 2.53. The van der Waals surface area contributed by atoms with Crippen molar-refractivity contribution in [3.05, 3.63) is 0 Å². The van der Waals surface area contributed by atoms with E-state index in [4.69, 9.17) is 0 Å². The van der Waals surface area contributed by atoms with Crippen LogP contribution in [-0.2, 0) is 4.74 Å². The molecular formula is C5H2F11O+. The zero-order chi connectivity index (χ0) is 14.3. The maximum absolute atomic E-state index is 12.2. The molecule has 0 heterocycles. The summed E-state index contributed by atoms with van der Waals surface area (Å²) in [6.45, 7) is -4.67. The van der Waals surface area contributed by atoms with Crippen molar-refractivity contribution in [1.29, 1.82) is 0 Å². The van der Waals surface area contributed by atoms with E-state index in [1.54, 1.807) is 4.74 Å². The summed E-state index contributed by atoms with van der Waals surface area (Å²) in [5.41, 5.74) is 0. The fourth-order valence-corrected chi connectivity index (χ4v) is 0.547. The first-order chi connectivity index (χ1) is 7.17. The molecule has 0 bridgehead atoms. The van der Waals surface area contributed by atoms with Crippen molar-refractivity contribution in [2.75, 3.05) is 0 Å². The van der Waals surface area contributed by atoms with Crippen LogP contribution in [0.15, 0.2) is 0 Å². The normalized spacial score (nSPS) is 15.5. The Labute approximate surface area is 86.6 Å². The number of rotatable bonds is 4. The summed E-state index contributed by atoms with van der Waals surface area (Å²) in [5.74, 6) is -14.4. The summed E-state index contributed by atoms with van der Waals surface area (Å²) in [7, 11) is 0. The lowest BCUT2D eigenvalue weighted by molar-refractivity contribution is -0.463. The van der Waals surface area contributed by atoms with Gasteiger partial charge in [0.1, 0.15) is 0 Å². The Morgan fingerprint density at radius 3 is 1.29 bits per heavy atom. The molecule has 12 heteroatoms. The van der Waals surface area contributed by atoms with E-state index in [2.05, 4.69) is 0 Å². The van der Waals surface area contributed by atoms with Crippen LogP contribution in [0.25, 0.3) is 0 Å². The number of hydrogen-bond donors (Lipinski definition) is 0. The molecule has 0 aliphatic rings. The molecule has 1 nitrogen and oxygen atoms in total. The lowest BCUT2D eigenvalue weighted by Crippen LogP contribution is -2.62. The molecule has 0 aromatic carbocycles. The van der Waals surface area contributed by atoms with Gasteiger partial charge in [0, 0.05) is 0 Å². The molecule has 0 amide bonds. The van der Waals surface area contributed by atoms with E-state index in [0.717, 1.165) is 0 Å². The third kappa shape index (κ3) is 2.72. The quantitative estimate of drug-likeness (QED) is 0.715. The lowest BCUT2D eigenvalue weighted by Gasteiger charge is -2.32. The van der Waals surface area contributed by atoms with Crippen molar-refractivity contribution < 1.29 is 54.5 Å². The zero-order valence-corrected chi connectivity index (χ0v) is 7.14. The number of alkyl halides is 11. The van der Waals surface area contributed by atoms with Gasteiger partial charge in [-0.2, -0.15) is 48.3 Å². The molecule has 0 unspecified atom stereocenters. The summed E-state index contributed by atoms with van der Waals surface area (Å²) in [5, 5.41) is 0. The van der Waals surface area contributed by atoms with Crippen molar-refractivity contribution in [3.8, 4) is 0 Å². The Bertz CT molecular complexity index is 271. The van der Waals surface area contributed by atoms with Gasteiger partial charge in [-0.3, -0.25) is 4.74 Å². The van der Waals surface area contributed by atoms with Gasteiger partial charge >= 0.3 is 32.2 Å². The predicted molar refractivity (Wildman–Crippen MR) is 29.1 cm³/mol. The van der Waals surface area contributed by atoms with Gasteiger partial charge in [-0.15, -0.1) is 0 Å². The van der Waals surface area contributed by atoms with Crippen LogP contribution in [0.2, 0.25) is 0 Å². The number of halogens is 11. The van der Waals surface area contributed by atoms with E-state index < -0.39 is 30.7 Å². The second-order valence-electron chi connectivity index (χ2n) is 2.54. The summed E-state index contributed by atoms with van der Waals surface area (Å²) < 4.78 is 131. The van der Waals surface area contributed by atoms with E-state index in [1.165, 1.54) is 0 Å². The molecule has 0 N–H and O–H groups in total. The van der Waals surface area contributed by atoms with Gasteiger partial charge in [-0.05, 0) is 0 Å². The van der Waals surface area contributed by atoms with Crippen molar-refractivity contribution in [2.45, 2.75) is 30.7 Å². The minimum Gasteiger partial charge on any atom is -0.253 e. The molecule has 0 aromatic rings. The van der Waals surface area contributed by atoms with Crippen LogP contribution >= 0.6 is 0 Å². The third-order valence-corrected chi connectivity index (χ3v) is 1.35. The van der Waals surface area contributed by atoms with Gasteiger partial charge in [0.25, 0.3) is 0 Å². The van der Waals surface area contributed by atoms with Gasteiger partial charge in [0.05, 0.1) is 0 Å². The Kier molecular flexibility index (Phi) is 3.94. The molecular weight excluding hydrogens is 285 g/mol. The van der Waals surface area contributed by atoms with E-state index in [9.17, 15) is 48.3 Å². The van der Waals surface area contributed by atoms with E-state index in [-0.39, 0.29) is 1.43 Å². The zero-order valence-electron chi connectivity index (χ0n) is 8.14. The Morgan fingerprint density at radius 2 is 1.06 bits per heavy atom. The molecule has 0 fully saturated rings. The highest BCUT2D eigenvalue weighted by molar-refractivity contribution is 4.96. The maximum atomic E-state index is 12.2. The molecule has 0 saturated carbocycles. The Balaban J connectivity index is 0. The van der Waals surface area contributed by atoms with Crippen LogP contribution in [-0.4, -0.2) is 30.7 Å². The molecule has 0 radical (unpaired) electrons. The summed E-state index contributed by atoms with van der Waals surface area (Å²) >= 11 is 0. The second-order valence-corrected chi connectivity index (χ2v) is 2.54. The van der Waals surface area contributed by atoms with Crippen LogP contribution in [0.1, 0.15) is 1.43 Å². The molecule has 17 heavy (non-hydrogen) atoms. The van der Waals surface area contributed by atoms with E-state index >= 15 is 0 Å².